The summed E-state index contributed by atoms with van der Waals surface area (Å²) < 4.78 is 10.5. The van der Waals surface area contributed by atoms with E-state index in [0.29, 0.717) is 29.2 Å². The van der Waals surface area contributed by atoms with Crippen LogP contribution in [0.1, 0.15) is 22.5 Å². The van der Waals surface area contributed by atoms with Gasteiger partial charge in [-0.1, -0.05) is 18.2 Å². The van der Waals surface area contributed by atoms with E-state index in [1.165, 1.54) is 13.2 Å². The minimum atomic E-state index is -1.53. The van der Waals surface area contributed by atoms with E-state index in [-0.39, 0.29) is 18.2 Å². The van der Waals surface area contributed by atoms with Crippen LogP contribution in [0.5, 0.6) is 17.2 Å². The van der Waals surface area contributed by atoms with E-state index in [4.69, 9.17) is 14.6 Å². The second-order valence-corrected chi connectivity index (χ2v) is 6.74. The highest BCUT2D eigenvalue weighted by molar-refractivity contribution is 5.92. The predicted octanol–water partition coefficient (Wildman–Crippen LogP) is 2.43. The largest absolute Gasteiger partial charge is 0.501 e. The molecule has 0 unspecified atom stereocenters. The van der Waals surface area contributed by atoms with E-state index in [9.17, 15) is 19.5 Å². The van der Waals surface area contributed by atoms with E-state index in [1.54, 1.807) is 37.4 Å². The van der Waals surface area contributed by atoms with Gasteiger partial charge >= 0.3 is 5.97 Å². The van der Waals surface area contributed by atoms with E-state index in [1.807, 2.05) is 6.07 Å². The first-order valence-electron chi connectivity index (χ1n) is 9.50. The molecule has 10 heteroatoms. The molecular formula is C22H21N3O7. The molecule has 0 aliphatic heterocycles. The van der Waals surface area contributed by atoms with Crippen molar-refractivity contribution in [3.63, 3.8) is 0 Å². The van der Waals surface area contributed by atoms with E-state index in [2.05, 4.69) is 15.3 Å². The summed E-state index contributed by atoms with van der Waals surface area (Å²) in [6, 6.07) is 11.8. The first kappa shape index (κ1) is 22.3. The molecule has 0 atom stereocenters. The number of aromatic carboxylic acids is 1. The molecule has 0 saturated carbocycles. The number of hydrogen-bond donors (Lipinski definition) is 4. The van der Waals surface area contributed by atoms with Crippen LogP contribution >= 0.6 is 0 Å². The van der Waals surface area contributed by atoms with Gasteiger partial charge in [0.05, 0.1) is 14.2 Å². The van der Waals surface area contributed by atoms with Crippen LogP contribution in [0.3, 0.4) is 0 Å². The molecule has 3 aromatic rings. The fourth-order valence-electron chi connectivity index (χ4n) is 3.01. The number of aromatic amines is 1. The van der Waals surface area contributed by atoms with Gasteiger partial charge in [-0.3, -0.25) is 9.59 Å². The highest BCUT2D eigenvalue weighted by Crippen LogP contribution is 2.28. The third-order valence-corrected chi connectivity index (χ3v) is 4.61. The van der Waals surface area contributed by atoms with Gasteiger partial charge in [0.1, 0.15) is 5.82 Å². The van der Waals surface area contributed by atoms with Crippen molar-refractivity contribution in [2.75, 3.05) is 19.5 Å². The van der Waals surface area contributed by atoms with Gasteiger partial charge in [0.2, 0.25) is 11.7 Å². The van der Waals surface area contributed by atoms with Crippen molar-refractivity contribution in [3.05, 3.63) is 64.1 Å². The van der Waals surface area contributed by atoms with Crippen molar-refractivity contribution in [1.29, 1.82) is 0 Å². The zero-order chi connectivity index (χ0) is 23.3. The van der Waals surface area contributed by atoms with Crippen molar-refractivity contribution in [3.8, 4) is 28.6 Å². The second kappa shape index (κ2) is 9.65. The van der Waals surface area contributed by atoms with Gasteiger partial charge in [0.15, 0.2) is 17.2 Å². The standard InChI is InChI=1S/C22H21N3O7/c1-31-15-8-6-12(10-16(15)32-2)7-9-17(26)23-14-5-3-4-13(11-14)20-24-18(22(29)30)19(27)21(28)25-20/h3-6,8,10-11,27H,7,9H2,1-2H3,(H,23,26)(H,29,30)(H,24,25,28). The van der Waals surface area contributed by atoms with Crippen molar-refractivity contribution < 1.29 is 29.3 Å². The molecular weight excluding hydrogens is 418 g/mol. The normalized spacial score (nSPS) is 10.4. The Hall–Kier alpha value is -4.34. The van der Waals surface area contributed by atoms with Gasteiger partial charge in [-0.15, -0.1) is 0 Å². The van der Waals surface area contributed by atoms with E-state index < -0.39 is 23.0 Å². The quantitative estimate of drug-likeness (QED) is 0.418. The van der Waals surface area contributed by atoms with E-state index in [0.717, 1.165) is 5.56 Å². The van der Waals surface area contributed by atoms with Crippen molar-refractivity contribution in [1.82, 2.24) is 9.97 Å². The monoisotopic (exact) mass is 439 g/mol. The first-order valence-corrected chi connectivity index (χ1v) is 9.50. The zero-order valence-corrected chi connectivity index (χ0v) is 17.3. The Kier molecular flexibility index (Phi) is 6.74. The lowest BCUT2D eigenvalue weighted by atomic mass is 10.1. The Bertz CT molecular complexity index is 1220. The molecule has 0 spiro atoms. The number of nitrogens with one attached hydrogen (secondary N) is 2. The highest BCUT2D eigenvalue weighted by Gasteiger charge is 2.17. The van der Waals surface area contributed by atoms with Gasteiger partial charge in [-0.05, 0) is 36.2 Å². The van der Waals surface area contributed by atoms with Crippen LogP contribution in [0.4, 0.5) is 5.69 Å². The molecule has 1 aromatic heterocycles. The molecule has 1 heterocycles. The summed E-state index contributed by atoms with van der Waals surface area (Å²) in [5.41, 5.74) is -0.0295. The maximum absolute atomic E-state index is 12.4. The highest BCUT2D eigenvalue weighted by atomic mass is 16.5. The summed E-state index contributed by atoms with van der Waals surface area (Å²) in [6.45, 7) is 0. The smallest absolute Gasteiger partial charge is 0.358 e. The third kappa shape index (κ3) is 5.04. The molecule has 4 N–H and O–H groups in total. The molecule has 0 aliphatic rings. The number of carboxylic acid groups (broad SMARTS) is 1. The maximum Gasteiger partial charge on any atom is 0.358 e. The van der Waals surface area contributed by atoms with Gasteiger partial charge in [0, 0.05) is 17.7 Å². The average molecular weight is 439 g/mol. The van der Waals surface area contributed by atoms with Crippen LogP contribution in [-0.2, 0) is 11.2 Å². The molecule has 166 valence electrons. The average Bonchev–Trinajstić information content (AvgIpc) is 2.79. The minimum Gasteiger partial charge on any atom is -0.501 e. The Balaban J connectivity index is 1.72. The number of aromatic hydroxyl groups is 1. The minimum absolute atomic E-state index is 0.0494. The molecule has 0 saturated heterocycles. The molecule has 0 aliphatic carbocycles. The third-order valence-electron chi connectivity index (χ3n) is 4.61. The van der Waals surface area contributed by atoms with Crippen LogP contribution in [0.2, 0.25) is 0 Å². The number of nitrogens with zero attached hydrogens (tertiary/aromatic N) is 1. The number of carboxylic acids is 1. The number of ether oxygens (including phenoxy) is 2. The Morgan fingerprint density at radius 1 is 1.09 bits per heavy atom. The molecule has 32 heavy (non-hydrogen) atoms. The number of carbonyl (C=O) groups excluding carboxylic acids is 1. The summed E-state index contributed by atoms with van der Waals surface area (Å²) in [5.74, 6) is -1.61. The number of rotatable bonds is 8. The molecule has 0 radical (unpaired) electrons. The summed E-state index contributed by atoms with van der Waals surface area (Å²) in [4.78, 5) is 41.5. The maximum atomic E-state index is 12.4. The Morgan fingerprint density at radius 2 is 1.84 bits per heavy atom. The van der Waals surface area contributed by atoms with Gasteiger partial charge in [0.25, 0.3) is 5.56 Å². The lowest BCUT2D eigenvalue weighted by molar-refractivity contribution is -0.116. The van der Waals surface area contributed by atoms with Gasteiger partial charge < -0.3 is 30.0 Å². The summed E-state index contributed by atoms with van der Waals surface area (Å²) >= 11 is 0. The number of anilines is 1. The number of aromatic nitrogens is 2. The number of hydrogen-bond acceptors (Lipinski definition) is 7. The molecule has 0 fully saturated rings. The molecule has 0 bridgehead atoms. The van der Waals surface area contributed by atoms with Crippen LogP contribution in [0.25, 0.3) is 11.4 Å². The fourth-order valence-corrected chi connectivity index (χ4v) is 3.01. The van der Waals surface area contributed by atoms with Gasteiger partial charge in [-0.25, -0.2) is 9.78 Å². The number of methoxy groups -OCH3 is 2. The Labute approximate surface area is 182 Å². The summed E-state index contributed by atoms with van der Waals surface area (Å²) in [6.07, 6.45) is 0.678. The lowest BCUT2D eigenvalue weighted by Crippen LogP contribution is -2.15. The number of benzene rings is 2. The molecule has 1 amide bonds. The van der Waals surface area contributed by atoms with Crippen LogP contribution in [0.15, 0.2) is 47.3 Å². The number of aryl methyl sites for hydroxylation is 1. The van der Waals surface area contributed by atoms with Crippen molar-refractivity contribution >= 4 is 17.6 Å². The van der Waals surface area contributed by atoms with Crippen LogP contribution < -0.4 is 20.3 Å². The zero-order valence-electron chi connectivity index (χ0n) is 17.3. The topological polar surface area (TPSA) is 151 Å². The van der Waals surface area contributed by atoms with Crippen molar-refractivity contribution in [2.45, 2.75) is 12.8 Å². The predicted molar refractivity (Wildman–Crippen MR) is 115 cm³/mol. The second-order valence-electron chi connectivity index (χ2n) is 6.74. The molecule has 3 rings (SSSR count). The number of carbonyl (C=O) groups is 2. The fraction of sp³-hybridized carbons (Fsp3) is 0.182. The first-order chi connectivity index (χ1) is 15.3. The van der Waals surface area contributed by atoms with Crippen molar-refractivity contribution in [2.24, 2.45) is 0 Å². The number of amides is 1. The summed E-state index contributed by atoms with van der Waals surface area (Å²) in [7, 11) is 3.09. The van der Waals surface area contributed by atoms with Crippen LogP contribution in [0, 0.1) is 0 Å². The van der Waals surface area contributed by atoms with Gasteiger partial charge in [-0.2, -0.15) is 0 Å². The number of H-pyrrole nitrogens is 1. The molecule has 10 nitrogen and oxygen atoms in total. The van der Waals surface area contributed by atoms with Crippen LogP contribution in [-0.4, -0.2) is 46.3 Å². The van der Waals surface area contributed by atoms with E-state index >= 15 is 0 Å². The summed E-state index contributed by atoms with van der Waals surface area (Å²) in [5, 5.41) is 21.4. The SMILES string of the molecule is COc1ccc(CCC(=O)Nc2cccc(-c3nc(C(=O)O)c(O)c(=O)[nH]3)c2)cc1OC. The lowest BCUT2D eigenvalue weighted by Gasteiger charge is -2.10. The Morgan fingerprint density at radius 3 is 2.53 bits per heavy atom. The molecule has 2 aromatic carbocycles.